The van der Waals surface area contributed by atoms with Gasteiger partial charge in [0.15, 0.2) is 5.13 Å². The second-order valence-corrected chi connectivity index (χ2v) is 9.21. The van der Waals surface area contributed by atoms with Gasteiger partial charge in [0.25, 0.3) is 15.9 Å². The molecule has 0 aliphatic rings. The number of anilines is 1. The fourth-order valence-corrected chi connectivity index (χ4v) is 4.25. The van der Waals surface area contributed by atoms with Crippen molar-refractivity contribution < 1.29 is 18.0 Å². The van der Waals surface area contributed by atoms with Gasteiger partial charge in [0.1, 0.15) is 0 Å². The fourth-order valence-electron chi connectivity index (χ4n) is 2.56. The summed E-state index contributed by atoms with van der Waals surface area (Å²) in [5, 5.41) is 5.11. The Hall–Kier alpha value is -2.59. The lowest BCUT2D eigenvalue weighted by atomic mass is 10.1. The van der Waals surface area contributed by atoms with Gasteiger partial charge in [-0.1, -0.05) is 16.6 Å². The van der Waals surface area contributed by atoms with Crippen LogP contribution < -0.4 is 5.32 Å². The Kier molecular flexibility index (Phi) is 6.13. The van der Waals surface area contributed by atoms with Crippen LogP contribution in [0, 0.1) is 13.8 Å². The van der Waals surface area contributed by atoms with E-state index in [9.17, 15) is 13.2 Å². The number of hydroxylamine groups is 1. The Morgan fingerprint density at radius 1 is 1.10 bits per heavy atom. The second-order valence-electron chi connectivity index (χ2n) is 6.41. The number of carbonyl (C=O) groups is 1. The average Bonchev–Trinajstić information content (AvgIpc) is 3.17. The fraction of sp³-hybridized carbons (Fsp3) is 0.200. The normalized spacial score (nSPS) is 11.6. The van der Waals surface area contributed by atoms with Gasteiger partial charge in [-0.25, -0.2) is 13.4 Å². The van der Waals surface area contributed by atoms with Crippen LogP contribution >= 0.6 is 11.3 Å². The van der Waals surface area contributed by atoms with E-state index < -0.39 is 10.0 Å². The Labute approximate surface area is 174 Å². The van der Waals surface area contributed by atoms with Crippen molar-refractivity contribution >= 4 is 32.4 Å². The van der Waals surface area contributed by atoms with Crippen molar-refractivity contribution in [3.05, 3.63) is 64.5 Å². The molecule has 1 aromatic heterocycles. The number of amides is 1. The van der Waals surface area contributed by atoms with Crippen LogP contribution in [0.2, 0.25) is 0 Å². The molecule has 1 heterocycles. The molecule has 0 bridgehead atoms. The number of rotatable bonds is 6. The third-order valence-electron chi connectivity index (χ3n) is 4.54. The van der Waals surface area contributed by atoms with E-state index in [4.69, 9.17) is 4.84 Å². The zero-order valence-corrected chi connectivity index (χ0v) is 18.1. The van der Waals surface area contributed by atoms with Gasteiger partial charge in [0, 0.05) is 23.6 Å². The van der Waals surface area contributed by atoms with Gasteiger partial charge in [-0.3, -0.25) is 14.9 Å². The molecule has 0 spiro atoms. The summed E-state index contributed by atoms with van der Waals surface area (Å²) in [6, 6.07) is 11.7. The Bertz CT molecular complexity index is 1140. The highest BCUT2D eigenvalue weighted by atomic mass is 32.2. The topological polar surface area (TPSA) is 88.6 Å². The molecule has 0 aliphatic carbocycles. The van der Waals surface area contributed by atoms with Gasteiger partial charge in [0.05, 0.1) is 17.7 Å². The predicted octanol–water partition coefficient (Wildman–Crippen LogP) is 3.86. The van der Waals surface area contributed by atoms with Crippen LogP contribution in [0.3, 0.4) is 0 Å². The minimum atomic E-state index is -3.76. The minimum absolute atomic E-state index is 0.0321. The molecule has 1 amide bonds. The summed E-state index contributed by atoms with van der Waals surface area (Å²) in [7, 11) is -1.19. The highest BCUT2D eigenvalue weighted by Crippen LogP contribution is 2.27. The summed E-state index contributed by atoms with van der Waals surface area (Å²) >= 11 is 1.33. The van der Waals surface area contributed by atoms with E-state index in [2.05, 4.69) is 23.3 Å². The zero-order chi connectivity index (χ0) is 21.2. The molecule has 2 aromatic carbocycles. The molecule has 0 aliphatic heterocycles. The van der Waals surface area contributed by atoms with Crippen LogP contribution in [0.25, 0.3) is 11.3 Å². The van der Waals surface area contributed by atoms with Crippen LogP contribution in [-0.4, -0.2) is 37.9 Å². The quantitative estimate of drug-likeness (QED) is 0.599. The standard InChI is InChI=1S/C20H21N3O4S2/c1-13-5-6-16(11-14(13)2)18-12-28-20(21-18)22-19(24)15-7-9-17(10-8-15)29(25,26)23(3)27-4/h5-12H,1-4H3,(H,21,22,24). The van der Waals surface area contributed by atoms with Crippen molar-refractivity contribution in [3.63, 3.8) is 0 Å². The van der Waals surface area contributed by atoms with Crippen molar-refractivity contribution in [1.82, 2.24) is 9.45 Å². The molecular formula is C20H21N3O4S2. The van der Waals surface area contributed by atoms with Gasteiger partial charge < -0.3 is 0 Å². The largest absolute Gasteiger partial charge is 0.298 e. The molecule has 3 aromatic rings. The smallest absolute Gasteiger partial charge is 0.264 e. The molecule has 29 heavy (non-hydrogen) atoms. The summed E-state index contributed by atoms with van der Waals surface area (Å²) < 4.78 is 25.2. The molecule has 0 unspecified atom stereocenters. The maximum absolute atomic E-state index is 12.5. The van der Waals surface area contributed by atoms with Gasteiger partial charge in [0.2, 0.25) is 0 Å². The van der Waals surface area contributed by atoms with E-state index in [-0.39, 0.29) is 10.8 Å². The second kappa shape index (κ2) is 8.42. The van der Waals surface area contributed by atoms with Crippen LogP contribution in [0.5, 0.6) is 0 Å². The predicted molar refractivity (Wildman–Crippen MR) is 113 cm³/mol. The first-order chi connectivity index (χ1) is 13.7. The number of hydrogen-bond donors (Lipinski definition) is 1. The van der Waals surface area contributed by atoms with E-state index in [0.29, 0.717) is 10.7 Å². The van der Waals surface area contributed by atoms with Crippen molar-refractivity contribution in [2.45, 2.75) is 18.7 Å². The SMILES string of the molecule is CON(C)S(=O)(=O)c1ccc(C(=O)Nc2nc(-c3ccc(C)c(C)c3)cs2)cc1. The molecule has 0 atom stereocenters. The van der Waals surface area contributed by atoms with Gasteiger partial charge >= 0.3 is 0 Å². The molecule has 0 saturated carbocycles. The van der Waals surface area contributed by atoms with Crippen molar-refractivity contribution in [2.75, 3.05) is 19.5 Å². The number of benzene rings is 2. The van der Waals surface area contributed by atoms with Crippen LogP contribution in [-0.2, 0) is 14.9 Å². The van der Waals surface area contributed by atoms with E-state index in [1.165, 1.54) is 60.9 Å². The molecular weight excluding hydrogens is 410 g/mol. The summed E-state index contributed by atoms with van der Waals surface area (Å²) in [4.78, 5) is 21.7. The van der Waals surface area contributed by atoms with Crippen molar-refractivity contribution in [2.24, 2.45) is 0 Å². The van der Waals surface area contributed by atoms with Crippen LogP contribution in [0.4, 0.5) is 5.13 Å². The summed E-state index contributed by atoms with van der Waals surface area (Å²) in [6.07, 6.45) is 0. The number of aryl methyl sites for hydroxylation is 2. The Morgan fingerprint density at radius 2 is 1.79 bits per heavy atom. The number of carbonyl (C=O) groups excluding carboxylic acids is 1. The molecule has 0 saturated heterocycles. The molecule has 7 nitrogen and oxygen atoms in total. The van der Waals surface area contributed by atoms with E-state index in [0.717, 1.165) is 15.7 Å². The first-order valence-corrected chi connectivity index (χ1v) is 11.0. The van der Waals surface area contributed by atoms with Gasteiger partial charge in [-0.15, -0.1) is 11.3 Å². The number of thiazole rings is 1. The highest BCUT2D eigenvalue weighted by Gasteiger charge is 2.21. The lowest BCUT2D eigenvalue weighted by Gasteiger charge is -2.14. The van der Waals surface area contributed by atoms with Crippen LogP contribution in [0.1, 0.15) is 21.5 Å². The molecule has 0 fully saturated rings. The Balaban J connectivity index is 1.74. The highest BCUT2D eigenvalue weighted by molar-refractivity contribution is 7.89. The third-order valence-corrected chi connectivity index (χ3v) is 6.99. The molecule has 1 N–H and O–H groups in total. The van der Waals surface area contributed by atoms with Crippen molar-refractivity contribution in [1.29, 1.82) is 0 Å². The van der Waals surface area contributed by atoms with Crippen LogP contribution in [0.15, 0.2) is 52.7 Å². The molecule has 3 rings (SSSR count). The number of nitrogens with one attached hydrogen (secondary N) is 1. The van der Waals surface area contributed by atoms with Gasteiger partial charge in [-0.05, 0) is 55.3 Å². The summed E-state index contributed by atoms with van der Waals surface area (Å²) in [5.41, 5.74) is 4.49. The Morgan fingerprint density at radius 3 is 2.41 bits per heavy atom. The lowest BCUT2D eigenvalue weighted by molar-refractivity contribution is -0.0258. The molecule has 9 heteroatoms. The first-order valence-electron chi connectivity index (χ1n) is 8.70. The van der Waals surface area contributed by atoms with E-state index in [1.54, 1.807) is 0 Å². The van der Waals surface area contributed by atoms with Crippen molar-refractivity contribution in [3.8, 4) is 11.3 Å². The molecule has 0 radical (unpaired) electrons. The summed E-state index contributed by atoms with van der Waals surface area (Å²) in [6.45, 7) is 4.10. The zero-order valence-electron chi connectivity index (χ0n) is 16.5. The van der Waals surface area contributed by atoms with E-state index >= 15 is 0 Å². The minimum Gasteiger partial charge on any atom is -0.298 e. The number of aromatic nitrogens is 1. The monoisotopic (exact) mass is 431 g/mol. The summed E-state index contributed by atoms with van der Waals surface area (Å²) in [5.74, 6) is -0.366. The van der Waals surface area contributed by atoms with E-state index in [1.807, 2.05) is 24.4 Å². The number of sulfonamides is 1. The number of nitrogens with zero attached hydrogens (tertiary/aromatic N) is 2. The third kappa shape index (κ3) is 4.54. The number of hydrogen-bond acceptors (Lipinski definition) is 6. The molecule has 152 valence electrons. The first kappa shape index (κ1) is 21.1. The average molecular weight is 432 g/mol. The maximum Gasteiger partial charge on any atom is 0.264 e. The lowest BCUT2D eigenvalue weighted by Crippen LogP contribution is -2.25. The maximum atomic E-state index is 12.5. The van der Waals surface area contributed by atoms with Gasteiger partial charge in [-0.2, -0.15) is 0 Å².